The molecule has 0 aromatic heterocycles. The van der Waals surface area contributed by atoms with Gasteiger partial charge < -0.3 is 9.47 Å². The Balaban J connectivity index is 1.87. The van der Waals surface area contributed by atoms with Crippen LogP contribution in [0.4, 0.5) is 0 Å². The van der Waals surface area contributed by atoms with Crippen molar-refractivity contribution in [3.8, 4) is 0 Å². The van der Waals surface area contributed by atoms with Gasteiger partial charge in [-0.25, -0.2) is 0 Å². The molecule has 0 saturated heterocycles. The third kappa shape index (κ3) is 2.85. The summed E-state index contributed by atoms with van der Waals surface area (Å²) in [4.78, 5) is 0. The van der Waals surface area contributed by atoms with Crippen molar-refractivity contribution in [2.24, 2.45) is 11.3 Å². The molecule has 1 fully saturated rings. The van der Waals surface area contributed by atoms with Crippen LogP contribution in [0.3, 0.4) is 0 Å². The van der Waals surface area contributed by atoms with Crippen LogP contribution in [0.25, 0.3) is 0 Å². The van der Waals surface area contributed by atoms with E-state index in [1.54, 1.807) is 0 Å². The molecule has 0 N–H and O–H groups in total. The summed E-state index contributed by atoms with van der Waals surface area (Å²) in [6.45, 7) is 12.0. The second kappa shape index (κ2) is 6.06. The van der Waals surface area contributed by atoms with Crippen LogP contribution < -0.4 is 0 Å². The monoisotopic (exact) mass is 262 g/mol. The largest absolute Gasteiger partial charge is 0.382 e. The molecule has 1 saturated carbocycles. The molecule has 0 aromatic rings. The van der Waals surface area contributed by atoms with Gasteiger partial charge in [0, 0.05) is 18.6 Å². The lowest BCUT2D eigenvalue weighted by Gasteiger charge is -2.54. The maximum Gasteiger partial charge on any atom is 0.0678 e. The minimum atomic E-state index is 0.151. The van der Waals surface area contributed by atoms with Gasteiger partial charge in [0.2, 0.25) is 0 Å². The van der Waals surface area contributed by atoms with Crippen molar-refractivity contribution in [2.75, 3.05) is 13.2 Å². The van der Waals surface area contributed by atoms with Crippen molar-refractivity contribution in [3.63, 3.8) is 0 Å². The maximum absolute atomic E-state index is 6.21. The third-order valence-corrected chi connectivity index (χ3v) is 4.55. The quantitative estimate of drug-likeness (QED) is 0.648. The summed E-state index contributed by atoms with van der Waals surface area (Å²) in [6, 6.07) is 0. The van der Waals surface area contributed by atoms with Crippen molar-refractivity contribution in [2.45, 2.75) is 45.8 Å². The Morgan fingerprint density at radius 2 is 2.37 bits per heavy atom. The Morgan fingerprint density at radius 1 is 1.58 bits per heavy atom. The van der Waals surface area contributed by atoms with E-state index in [0.717, 1.165) is 26.1 Å². The third-order valence-electron chi connectivity index (χ3n) is 4.55. The summed E-state index contributed by atoms with van der Waals surface area (Å²) >= 11 is 0. The smallest absolute Gasteiger partial charge is 0.0678 e. The summed E-state index contributed by atoms with van der Waals surface area (Å²) in [7, 11) is 0. The molecule has 19 heavy (non-hydrogen) atoms. The van der Waals surface area contributed by atoms with E-state index in [9.17, 15) is 0 Å². The first kappa shape index (κ1) is 14.5. The number of rotatable bonds is 7. The number of fused-ring (bicyclic) bond motifs is 1. The summed E-state index contributed by atoms with van der Waals surface area (Å²) in [6.07, 6.45) is 11.3. The van der Waals surface area contributed by atoms with Crippen molar-refractivity contribution >= 4 is 0 Å². The Hall–Kier alpha value is -0.860. The Bertz CT molecular complexity index is 383. The van der Waals surface area contributed by atoms with Gasteiger partial charge in [-0.05, 0) is 38.2 Å². The zero-order valence-electron chi connectivity index (χ0n) is 12.4. The lowest BCUT2D eigenvalue weighted by atomic mass is 9.54. The van der Waals surface area contributed by atoms with Gasteiger partial charge >= 0.3 is 0 Å². The lowest BCUT2D eigenvalue weighted by molar-refractivity contribution is -0.141. The van der Waals surface area contributed by atoms with E-state index in [0.29, 0.717) is 12.0 Å². The van der Waals surface area contributed by atoms with Crippen LogP contribution in [0.15, 0.2) is 36.5 Å². The fourth-order valence-corrected chi connectivity index (χ4v) is 3.14. The standard InChI is InChI=1S/C17H26O2/c1-5-14-8-7-10-17(4)15(14)12-16(17)19-13(3)9-11-18-6-2/h5,7-8,10,13,15-16H,1,6,9,11-12H2,2-4H3. The van der Waals surface area contributed by atoms with Crippen molar-refractivity contribution < 1.29 is 9.47 Å². The first-order chi connectivity index (χ1) is 9.11. The van der Waals surface area contributed by atoms with E-state index in [-0.39, 0.29) is 11.5 Å². The van der Waals surface area contributed by atoms with Crippen LogP contribution in [-0.4, -0.2) is 25.4 Å². The molecule has 0 spiro atoms. The highest BCUT2D eigenvalue weighted by atomic mass is 16.5. The highest BCUT2D eigenvalue weighted by molar-refractivity contribution is 5.37. The predicted octanol–water partition coefficient (Wildman–Crippen LogP) is 3.90. The Kier molecular flexibility index (Phi) is 4.64. The minimum Gasteiger partial charge on any atom is -0.382 e. The van der Waals surface area contributed by atoms with Crippen LogP contribution >= 0.6 is 0 Å². The average molecular weight is 262 g/mol. The number of ether oxygens (including phenoxy) is 2. The van der Waals surface area contributed by atoms with E-state index in [2.05, 4.69) is 38.7 Å². The van der Waals surface area contributed by atoms with Gasteiger partial charge in [-0.3, -0.25) is 0 Å². The summed E-state index contributed by atoms with van der Waals surface area (Å²) in [5.74, 6) is 0.582. The molecule has 0 heterocycles. The van der Waals surface area contributed by atoms with Crippen molar-refractivity contribution in [1.29, 1.82) is 0 Å². The predicted molar refractivity (Wildman–Crippen MR) is 79.1 cm³/mol. The molecule has 0 aliphatic heterocycles. The first-order valence-corrected chi connectivity index (χ1v) is 7.36. The molecule has 0 amide bonds. The van der Waals surface area contributed by atoms with E-state index >= 15 is 0 Å². The fourth-order valence-electron chi connectivity index (χ4n) is 3.14. The average Bonchev–Trinajstić information content (AvgIpc) is 2.39. The van der Waals surface area contributed by atoms with Gasteiger partial charge in [0.1, 0.15) is 0 Å². The molecular weight excluding hydrogens is 236 g/mol. The summed E-state index contributed by atoms with van der Waals surface area (Å²) < 4.78 is 11.6. The van der Waals surface area contributed by atoms with E-state index in [1.165, 1.54) is 5.57 Å². The zero-order valence-corrected chi connectivity index (χ0v) is 12.4. The van der Waals surface area contributed by atoms with E-state index in [4.69, 9.17) is 9.47 Å². The van der Waals surface area contributed by atoms with Gasteiger partial charge in [0.15, 0.2) is 0 Å². The first-order valence-electron chi connectivity index (χ1n) is 7.36. The number of hydrogen-bond donors (Lipinski definition) is 0. The van der Waals surface area contributed by atoms with Gasteiger partial charge in [0.25, 0.3) is 0 Å². The van der Waals surface area contributed by atoms with Crippen LogP contribution in [0.5, 0.6) is 0 Å². The van der Waals surface area contributed by atoms with Crippen LogP contribution in [0.2, 0.25) is 0 Å². The second-order valence-corrected chi connectivity index (χ2v) is 5.81. The fraction of sp³-hybridized carbons (Fsp3) is 0.647. The van der Waals surface area contributed by atoms with Crippen LogP contribution in [0.1, 0.15) is 33.6 Å². The maximum atomic E-state index is 6.21. The molecule has 0 bridgehead atoms. The molecule has 2 aliphatic rings. The molecule has 2 aliphatic carbocycles. The Labute approximate surface area is 117 Å². The normalized spacial score (nSPS) is 34.2. The molecule has 2 heteroatoms. The summed E-state index contributed by atoms with van der Waals surface area (Å²) in [5.41, 5.74) is 1.50. The van der Waals surface area contributed by atoms with Gasteiger partial charge in [0.05, 0.1) is 12.2 Å². The molecule has 0 aromatic carbocycles. The minimum absolute atomic E-state index is 0.151. The molecule has 4 unspecified atom stereocenters. The van der Waals surface area contributed by atoms with Gasteiger partial charge in [-0.1, -0.05) is 37.8 Å². The van der Waals surface area contributed by atoms with Crippen molar-refractivity contribution in [3.05, 3.63) is 36.5 Å². The zero-order chi connectivity index (χ0) is 13.9. The molecule has 0 radical (unpaired) electrons. The van der Waals surface area contributed by atoms with Crippen LogP contribution in [0, 0.1) is 11.3 Å². The summed E-state index contributed by atoms with van der Waals surface area (Å²) in [5, 5.41) is 0. The SMILES string of the molecule is C=CC1=CC=CC2(C)C(OC(C)CCOCC)CC12. The number of hydrogen-bond acceptors (Lipinski definition) is 2. The second-order valence-electron chi connectivity index (χ2n) is 5.81. The number of allylic oxidation sites excluding steroid dienone is 4. The molecule has 106 valence electrons. The van der Waals surface area contributed by atoms with Gasteiger partial charge in [-0.2, -0.15) is 0 Å². The van der Waals surface area contributed by atoms with Crippen LogP contribution in [-0.2, 0) is 9.47 Å². The molecular formula is C17H26O2. The topological polar surface area (TPSA) is 18.5 Å². The van der Waals surface area contributed by atoms with E-state index in [1.807, 2.05) is 13.0 Å². The molecule has 2 rings (SSSR count). The Morgan fingerprint density at radius 3 is 3.05 bits per heavy atom. The van der Waals surface area contributed by atoms with Crippen molar-refractivity contribution in [1.82, 2.24) is 0 Å². The molecule has 2 nitrogen and oxygen atoms in total. The van der Waals surface area contributed by atoms with Gasteiger partial charge in [-0.15, -0.1) is 0 Å². The van der Waals surface area contributed by atoms with E-state index < -0.39 is 0 Å². The highest BCUT2D eigenvalue weighted by Crippen LogP contribution is 2.55. The lowest BCUT2D eigenvalue weighted by Crippen LogP contribution is -2.53. The highest BCUT2D eigenvalue weighted by Gasteiger charge is 2.52. The molecule has 4 atom stereocenters.